The molecule has 0 aliphatic rings. The van der Waals surface area contributed by atoms with Gasteiger partial charge in [0.1, 0.15) is 5.60 Å². The predicted octanol–water partition coefficient (Wildman–Crippen LogP) is 1.20. The van der Waals surface area contributed by atoms with Gasteiger partial charge in [0, 0.05) is 0 Å². The van der Waals surface area contributed by atoms with E-state index in [-0.39, 0.29) is 0 Å². The van der Waals surface area contributed by atoms with Gasteiger partial charge in [-0.1, -0.05) is 0 Å². The first-order valence-electron chi connectivity index (χ1n) is 6.36. The first-order valence-corrected chi connectivity index (χ1v) is 6.74. The molecule has 0 radical (unpaired) electrons. The highest BCUT2D eigenvalue weighted by atomic mass is 35.5. The van der Waals surface area contributed by atoms with Crippen LogP contribution in [0.5, 0.6) is 0 Å². The lowest BCUT2D eigenvalue weighted by Crippen LogP contribution is -2.29. The van der Waals surface area contributed by atoms with Gasteiger partial charge in [-0.15, -0.1) is 0 Å². The molecule has 0 heterocycles. The predicted molar refractivity (Wildman–Crippen MR) is 82.7 cm³/mol. The maximum absolute atomic E-state index is 10.7. The van der Waals surface area contributed by atoms with Crippen LogP contribution in [0.2, 0.25) is 0 Å². The van der Waals surface area contributed by atoms with Gasteiger partial charge in [0.05, 0.1) is 19.8 Å². The summed E-state index contributed by atoms with van der Waals surface area (Å²) in [6.07, 6.45) is 0. The Kier molecular flexibility index (Phi) is 13.5. The van der Waals surface area contributed by atoms with E-state index in [1.54, 1.807) is 41.5 Å². The molecule has 23 heavy (non-hydrogen) atoms. The summed E-state index contributed by atoms with van der Waals surface area (Å²) in [6.45, 7) is 10.3. The second kappa shape index (κ2) is 11.8. The van der Waals surface area contributed by atoms with Crippen molar-refractivity contribution >= 4 is 34.8 Å². The third-order valence-corrected chi connectivity index (χ3v) is 1.25. The van der Waals surface area contributed by atoms with Gasteiger partial charge in [-0.2, -0.15) is 0 Å². The summed E-state index contributed by atoms with van der Waals surface area (Å²) in [4.78, 5) is 40.7. The van der Waals surface area contributed by atoms with Crippen molar-refractivity contribution in [1.29, 1.82) is 0 Å². The summed E-state index contributed by atoms with van der Waals surface area (Å²) < 4.78 is 12.7. The number of hydrogen-bond acceptors (Lipinski definition) is 8. The Balaban J connectivity index is -0.000000286. The smallest absolute Gasteiger partial charge is 0.417 e. The molecule has 0 saturated heterocycles. The van der Waals surface area contributed by atoms with Gasteiger partial charge in [0.15, 0.2) is 0 Å². The van der Waals surface area contributed by atoms with Gasteiger partial charge in [-0.3, -0.25) is 4.79 Å². The highest BCUT2D eigenvalue weighted by Crippen LogP contribution is 2.06. The van der Waals surface area contributed by atoms with Crippen LogP contribution in [-0.4, -0.2) is 53.7 Å². The van der Waals surface area contributed by atoms with E-state index in [0.717, 1.165) is 14.2 Å². The fourth-order valence-corrected chi connectivity index (χ4v) is 0.560. The molecular weight excluding hydrogens is 332 g/mol. The zero-order valence-corrected chi connectivity index (χ0v) is 15.4. The normalized spacial score (nSPS) is 10.0. The van der Waals surface area contributed by atoms with Crippen LogP contribution in [0.15, 0.2) is 0 Å². The summed E-state index contributed by atoms with van der Waals surface area (Å²) in [6, 6.07) is 0. The van der Waals surface area contributed by atoms with Crippen LogP contribution in [0, 0.1) is 0 Å². The highest BCUT2D eigenvalue weighted by Gasteiger charge is 2.22. The molecule has 0 atom stereocenters. The topological polar surface area (TPSA) is 116 Å². The third-order valence-electron chi connectivity index (χ3n) is 1.10. The molecule has 0 fully saturated rings. The van der Waals surface area contributed by atoms with Gasteiger partial charge < -0.3 is 19.3 Å². The average Bonchev–Trinajstić information content (AvgIpc) is 2.33. The van der Waals surface area contributed by atoms with Gasteiger partial charge in [0.25, 0.3) is 0 Å². The number of carbonyl (C=O) groups excluding carboxylic acids is 4. The lowest BCUT2D eigenvalue weighted by molar-refractivity contribution is -0.173. The summed E-state index contributed by atoms with van der Waals surface area (Å²) in [5.41, 5.74) is -1.15. The largest absolute Gasteiger partial charge is 0.462 e. The van der Waals surface area contributed by atoms with Crippen molar-refractivity contribution in [1.82, 2.24) is 0 Å². The number of hydrogen-bond donors (Lipinski definition) is 1. The Hall–Kier alpha value is -1.67. The fourth-order valence-electron chi connectivity index (χ4n) is 0.483. The van der Waals surface area contributed by atoms with Crippen molar-refractivity contribution in [2.45, 2.75) is 52.7 Å². The first-order chi connectivity index (χ1) is 10.0. The second-order valence-corrected chi connectivity index (χ2v) is 6.27. The third kappa shape index (κ3) is 29.1. The molecule has 0 saturated carbocycles. The number of carbonyl (C=O) groups is 4. The van der Waals surface area contributed by atoms with Crippen LogP contribution in [0.4, 0.5) is 0 Å². The highest BCUT2D eigenvalue weighted by molar-refractivity contribution is 6.80. The molecule has 0 rings (SSSR count). The molecule has 0 unspecified atom stereocenters. The minimum atomic E-state index is -1.09. The maximum atomic E-state index is 10.7. The van der Waals surface area contributed by atoms with Crippen molar-refractivity contribution in [3.05, 3.63) is 0 Å². The molecule has 9 heteroatoms. The minimum absolute atomic E-state index is 0.500. The molecule has 0 bridgehead atoms. The lowest BCUT2D eigenvalue weighted by atomic mass is 10.2. The van der Waals surface area contributed by atoms with E-state index in [1.807, 2.05) is 0 Å². The van der Waals surface area contributed by atoms with Crippen molar-refractivity contribution in [3.63, 3.8) is 0 Å². The molecule has 0 spiro atoms. The van der Waals surface area contributed by atoms with Crippen LogP contribution in [0.25, 0.3) is 0 Å². The quantitative estimate of drug-likeness (QED) is 0.322. The van der Waals surface area contributed by atoms with Gasteiger partial charge in [-0.25, -0.2) is 14.4 Å². The van der Waals surface area contributed by atoms with Crippen molar-refractivity contribution < 1.29 is 38.5 Å². The molecule has 0 aromatic carbocycles. The number of methoxy groups -OCH3 is 2. The second-order valence-electron chi connectivity index (χ2n) is 5.93. The summed E-state index contributed by atoms with van der Waals surface area (Å²) in [7, 11) is 2.22. The fraction of sp³-hybridized carbons (Fsp3) is 0.714. The Morgan fingerprint density at radius 1 is 0.783 bits per heavy atom. The van der Waals surface area contributed by atoms with E-state index < -0.39 is 34.4 Å². The van der Waals surface area contributed by atoms with Crippen LogP contribution < -0.4 is 0 Å². The van der Waals surface area contributed by atoms with E-state index in [2.05, 4.69) is 25.8 Å². The van der Waals surface area contributed by atoms with Crippen LogP contribution in [-0.2, 0) is 33.4 Å². The number of ether oxygens (including phenoxy) is 3. The first kappa shape index (κ1) is 26.2. The standard InChI is InChI=1S/C7H12O4.C4H10O.C3H3ClO3/c1-7(2,3)11-6(9)5(8)10-4;1-4(2,3)5;1-7-3(6)2(4)5/h1-4H3;5H,1-3H3;1H3. The van der Waals surface area contributed by atoms with Crippen molar-refractivity contribution in [2.75, 3.05) is 14.2 Å². The van der Waals surface area contributed by atoms with Crippen molar-refractivity contribution in [2.24, 2.45) is 0 Å². The number of rotatable bonds is 1. The molecule has 1 N–H and O–H groups in total. The van der Waals surface area contributed by atoms with Crippen molar-refractivity contribution in [3.8, 4) is 0 Å². The van der Waals surface area contributed by atoms with E-state index >= 15 is 0 Å². The minimum Gasteiger partial charge on any atom is -0.462 e. The van der Waals surface area contributed by atoms with Gasteiger partial charge >= 0.3 is 23.2 Å². The van der Waals surface area contributed by atoms with E-state index in [9.17, 15) is 19.2 Å². The Bertz CT molecular complexity index is 398. The summed E-state index contributed by atoms with van der Waals surface area (Å²) >= 11 is 4.61. The van der Waals surface area contributed by atoms with Crippen LogP contribution in [0.3, 0.4) is 0 Å². The van der Waals surface area contributed by atoms with Crippen LogP contribution >= 0.6 is 11.6 Å². The van der Waals surface area contributed by atoms with E-state index in [4.69, 9.17) is 5.11 Å². The van der Waals surface area contributed by atoms with E-state index in [0.29, 0.717) is 0 Å². The molecule has 0 amide bonds. The molecule has 136 valence electrons. The lowest BCUT2D eigenvalue weighted by Gasteiger charge is -2.17. The van der Waals surface area contributed by atoms with E-state index in [1.165, 1.54) is 0 Å². The molecule has 8 nitrogen and oxygen atoms in total. The SMILES string of the molecule is CC(C)(C)O.COC(=O)C(=O)Cl.COC(=O)C(=O)OC(C)(C)C. The van der Waals surface area contributed by atoms with Gasteiger partial charge in [0.2, 0.25) is 0 Å². The number of halogens is 1. The zero-order valence-electron chi connectivity index (χ0n) is 14.7. The Morgan fingerprint density at radius 2 is 1.09 bits per heavy atom. The molecule has 0 aromatic rings. The number of esters is 3. The molecule has 0 aliphatic heterocycles. The molecular formula is C14H25ClO8. The molecule has 0 aliphatic carbocycles. The van der Waals surface area contributed by atoms with Gasteiger partial charge in [-0.05, 0) is 53.1 Å². The zero-order chi connectivity index (χ0) is 19.4. The molecule has 0 aromatic heterocycles. The Morgan fingerprint density at radius 3 is 1.22 bits per heavy atom. The summed E-state index contributed by atoms with van der Waals surface area (Å²) in [5, 5.41) is 7.43. The van der Waals surface area contributed by atoms with Crippen LogP contribution in [0.1, 0.15) is 41.5 Å². The summed E-state index contributed by atoms with van der Waals surface area (Å²) in [5.74, 6) is -2.96. The Labute approximate surface area is 141 Å². The number of aliphatic hydroxyl groups is 1. The average molecular weight is 357 g/mol. The maximum Gasteiger partial charge on any atom is 0.417 e. The monoisotopic (exact) mass is 356 g/mol.